The molecule has 0 aromatic carbocycles. The summed E-state index contributed by atoms with van der Waals surface area (Å²) in [5, 5.41) is 4.36. The molecule has 1 aliphatic heterocycles. The van der Waals surface area contributed by atoms with Crippen LogP contribution in [0, 0.1) is 0 Å². The Balaban J connectivity index is 1.24. The van der Waals surface area contributed by atoms with E-state index in [1.807, 2.05) is 24.4 Å². The van der Waals surface area contributed by atoms with Gasteiger partial charge in [0.25, 0.3) is 5.89 Å². The Morgan fingerprint density at radius 1 is 0.853 bits per heavy atom. The van der Waals surface area contributed by atoms with Crippen molar-refractivity contribution in [3.05, 3.63) is 60.4 Å². The monoisotopic (exact) mass is 456 g/mol. The molecule has 0 bridgehead atoms. The number of hydrogen-bond donors (Lipinski definition) is 1. The molecule has 2 aliphatic rings. The molecule has 0 atom stereocenters. The van der Waals surface area contributed by atoms with Gasteiger partial charge in [0.15, 0.2) is 5.82 Å². The summed E-state index contributed by atoms with van der Waals surface area (Å²) in [5.74, 6) is 2.34. The van der Waals surface area contributed by atoms with Crippen molar-refractivity contribution in [3.63, 3.8) is 0 Å². The fourth-order valence-electron chi connectivity index (χ4n) is 4.52. The molecule has 2 N–H and O–H groups in total. The van der Waals surface area contributed by atoms with Crippen LogP contribution in [0.3, 0.4) is 0 Å². The van der Waals surface area contributed by atoms with E-state index in [-0.39, 0.29) is 11.4 Å². The van der Waals surface area contributed by atoms with Crippen molar-refractivity contribution >= 4 is 11.8 Å². The molecule has 10 nitrogen and oxygen atoms in total. The number of nitrogens with zero attached hydrogens (tertiary/aromatic N) is 7. The van der Waals surface area contributed by atoms with Gasteiger partial charge in [0.2, 0.25) is 5.95 Å². The number of aromatic nitrogens is 6. The molecular weight excluding hydrogens is 432 g/mol. The van der Waals surface area contributed by atoms with Crippen molar-refractivity contribution < 1.29 is 9.26 Å². The summed E-state index contributed by atoms with van der Waals surface area (Å²) in [6.45, 7) is 3.14. The van der Waals surface area contributed by atoms with Crippen LogP contribution in [0.15, 0.2) is 53.6 Å². The molecule has 0 radical (unpaired) electrons. The standard InChI is InChI=1S/C24H24N8O2/c25-23-28-13-17(14-29-23)19-4-3-18(15-26-19)24(6-1-7-24)22-30-21(34-31-22)16-2-5-20(27-12-16)32-8-10-33-11-9-32/h2-5,12-15H,1,6-11H2,(H2,25,28,29). The average molecular weight is 457 g/mol. The van der Waals surface area contributed by atoms with Crippen LogP contribution in [0.4, 0.5) is 11.8 Å². The van der Waals surface area contributed by atoms with E-state index < -0.39 is 0 Å². The first-order valence-corrected chi connectivity index (χ1v) is 11.4. The van der Waals surface area contributed by atoms with E-state index in [9.17, 15) is 0 Å². The Morgan fingerprint density at radius 2 is 1.65 bits per heavy atom. The van der Waals surface area contributed by atoms with E-state index in [2.05, 4.69) is 36.1 Å². The lowest BCUT2D eigenvalue weighted by molar-refractivity contribution is 0.122. The fourth-order valence-corrected chi connectivity index (χ4v) is 4.52. The number of anilines is 2. The molecule has 1 aliphatic carbocycles. The number of rotatable bonds is 5. The van der Waals surface area contributed by atoms with Crippen LogP contribution in [0.25, 0.3) is 22.7 Å². The van der Waals surface area contributed by atoms with Crippen molar-refractivity contribution in [1.29, 1.82) is 0 Å². The summed E-state index contributed by atoms with van der Waals surface area (Å²) < 4.78 is 11.1. The van der Waals surface area contributed by atoms with Gasteiger partial charge < -0.3 is 19.9 Å². The molecule has 4 aromatic rings. The molecule has 4 aromatic heterocycles. The number of nitrogens with two attached hydrogens (primary N) is 1. The Labute approximate surface area is 196 Å². The van der Waals surface area contributed by atoms with E-state index in [0.717, 1.165) is 73.8 Å². The summed E-state index contributed by atoms with van der Waals surface area (Å²) >= 11 is 0. The zero-order chi connectivity index (χ0) is 23.0. The first-order chi connectivity index (χ1) is 16.7. The second kappa shape index (κ2) is 8.45. The predicted octanol–water partition coefficient (Wildman–Crippen LogP) is 2.87. The summed E-state index contributed by atoms with van der Waals surface area (Å²) in [6, 6.07) is 8.02. The number of nitrogen functional groups attached to an aromatic ring is 1. The highest BCUT2D eigenvalue weighted by atomic mass is 16.5. The zero-order valence-corrected chi connectivity index (χ0v) is 18.6. The van der Waals surface area contributed by atoms with Gasteiger partial charge in [-0.15, -0.1) is 0 Å². The zero-order valence-electron chi connectivity index (χ0n) is 18.6. The maximum absolute atomic E-state index is 5.66. The molecule has 0 spiro atoms. The lowest BCUT2D eigenvalue weighted by atomic mass is 9.64. The minimum absolute atomic E-state index is 0.243. The topological polar surface area (TPSA) is 129 Å². The van der Waals surface area contributed by atoms with Crippen LogP contribution in [0.5, 0.6) is 0 Å². The molecule has 0 amide bonds. The van der Waals surface area contributed by atoms with Crippen molar-refractivity contribution in [2.45, 2.75) is 24.7 Å². The number of morpholine rings is 1. The summed E-state index contributed by atoms with van der Waals surface area (Å²) in [5.41, 5.74) is 8.79. The normalized spacial score (nSPS) is 17.4. The van der Waals surface area contributed by atoms with Crippen LogP contribution >= 0.6 is 0 Å². The highest BCUT2D eigenvalue weighted by Gasteiger charge is 2.45. The maximum atomic E-state index is 5.66. The molecule has 1 saturated carbocycles. The number of hydrogen-bond acceptors (Lipinski definition) is 10. The molecule has 2 fully saturated rings. The van der Waals surface area contributed by atoms with Gasteiger partial charge in [-0.2, -0.15) is 4.98 Å². The minimum Gasteiger partial charge on any atom is -0.378 e. The Kier molecular flexibility index (Phi) is 5.14. The Bertz CT molecular complexity index is 1260. The van der Waals surface area contributed by atoms with Gasteiger partial charge in [0.05, 0.1) is 29.9 Å². The van der Waals surface area contributed by atoms with Gasteiger partial charge in [-0.3, -0.25) is 4.98 Å². The van der Waals surface area contributed by atoms with Crippen molar-refractivity contribution in [2.75, 3.05) is 36.9 Å². The van der Waals surface area contributed by atoms with Crippen LogP contribution in [0.2, 0.25) is 0 Å². The predicted molar refractivity (Wildman–Crippen MR) is 125 cm³/mol. The summed E-state index contributed by atoms with van der Waals surface area (Å²) in [7, 11) is 0. The maximum Gasteiger partial charge on any atom is 0.259 e. The number of ether oxygens (including phenoxy) is 1. The highest BCUT2D eigenvalue weighted by Crippen LogP contribution is 2.48. The fraction of sp³-hybridized carbons (Fsp3) is 0.333. The third-order valence-electron chi connectivity index (χ3n) is 6.67. The third-order valence-corrected chi connectivity index (χ3v) is 6.67. The summed E-state index contributed by atoms with van der Waals surface area (Å²) in [6.07, 6.45) is 10.0. The first kappa shape index (κ1) is 20.7. The Morgan fingerprint density at radius 3 is 2.29 bits per heavy atom. The van der Waals surface area contributed by atoms with E-state index in [4.69, 9.17) is 20.0 Å². The van der Waals surface area contributed by atoms with E-state index in [1.54, 1.807) is 18.6 Å². The molecule has 1 saturated heterocycles. The highest BCUT2D eigenvalue weighted by molar-refractivity contribution is 5.58. The van der Waals surface area contributed by atoms with E-state index >= 15 is 0 Å². The SMILES string of the molecule is Nc1ncc(-c2ccc(C3(c4noc(-c5ccc(N6CCOCC6)nc5)n4)CCC3)cn2)cn1. The summed E-state index contributed by atoms with van der Waals surface area (Å²) in [4.78, 5) is 24.3. The van der Waals surface area contributed by atoms with Gasteiger partial charge in [0.1, 0.15) is 5.82 Å². The molecule has 5 heterocycles. The minimum atomic E-state index is -0.286. The number of pyridine rings is 2. The molecular formula is C24H24N8O2. The van der Waals surface area contributed by atoms with Gasteiger partial charge in [0, 0.05) is 43.4 Å². The van der Waals surface area contributed by atoms with Crippen LogP contribution in [-0.4, -0.2) is 56.4 Å². The molecule has 6 rings (SSSR count). The molecule has 0 unspecified atom stereocenters. The van der Waals surface area contributed by atoms with Gasteiger partial charge in [-0.05, 0) is 36.6 Å². The van der Waals surface area contributed by atoms with Gasteiger partial charge in [-0.1, -0.05) is 17.6 Å². The largest absolute Gasteiger partial charge is 0.378 e. The average Bonchev–Trinajstić information content (AvgIpc) is 3.35. The van der Waals surface area contributed by atoms with E-state index in [1.165, 1.54) is 0 Å². The van der Waals surface area contributed by atoms with Crippen molar-refractivity contribution in [1.82, 2.24) is 30.1 Å². The van der Waals surface area contributed by atoms with Crippen molar-refractivity contribution in [2.24, 2.45) is 0 Å². The van der Waals surface area contributed by atoms with Crippen molar-refractivity contribution in [3.8, 4) is 22.7 Å². The van der Waals surface area contributed by atoms with E-state index in [0.29, 0.717) is 11.7 Å². The second-order valence-corrected chi connectivity index (χ2v) is 8.63. The molecule has 34 heavy (non-hydrogen) atoms. The lowest BCUT2D eigenvalue weighted by Crippen LogP contribution is -2.36. The van der Waals surface area contributed by atoms with Gasteiger partial charge >= 0.3 is 0 Å². The Hall–Kier alpha value is -3.92. The molecule has 172 valence electrons. The third kappa shape index (κ3) is 3.65. The molecule has 10 heteroatoms. The quantitative estimate of drug-likeness (QED) is 0.478. The smallest absolute Gasteiger partial charge is 0.259 e. The van der Waals surface area contributed by atoms with Crippen LogP contribution in [-0.2, 0) is 10.2 Å². The van der Waals surface area contributed by atoms with Crippen LogP contribution < -0.4 is 10.6 Å². The van der Waals surface area contributed by atoms with Crippen LogP contribution in [0.1, 0.15) is 30.7 Å². The lowest BCUT2D eigenvalue weighted by Gasteiger charge is -2.39. The second-order valence-electron chi connectivity index (χ2n) is 8.63. The first-order valence-electron chi connectivity index (χ1n) is 11.4. The van der Waals surface area contributed by atoms with Gasteiger partial charge in [-0.25, -0.2) is 15.0 Å².